The van der Waals surface area contributed by atoms with Crippen LogP contribution < -0.4 is 5.73 Å². The van der Waals surface area contributed by atoms with Crippen LogP contribution in [0, 0.1) is 5.92 Å². The molecule has 1 heterocycles. The number of hydrogen-bond donors (Lipinski definition) is 2. The van der Waals surface area contributed by atoms with Crippen LogP contribution in [-0.4, -0.2) is 41.1 Å². The third kappa shape index (κ3) is 2.23. The average molecular weight is 226 g/mol. The van der Waals surface area contributed by atoms with E-state index < -0.39 is 6.04 Å². The number of aliphatic hydroxyl groups excluding tert-OH is 1. The van der Waals surface area contributed by atoms with E-state index in [1.54, 1.807) is 0 Å². The first-order valence-corrected chi connectivity index (χ1v) is 6.41. The summed E-state index contributed by atoms with van der Waals surface area (Å²) in [5.41, 5.74) is 5.63. The van der Waals surface area contributed by atoms with Crippen LogP contribution in [0.5, 0.6) is 0 Å². The molecule has 16 heavy (non-hydrogen) atoms. The van der Waals surface area contributed by atoms with E-state index in [-0.39, 0.29) is 12.5 Å². The van der Waals surface area contributed by atoms with E-state index in [0.29, 0.717) is 12.0 Å². The molecule has 0 spiro atoms. The molecule has 1 aliphatic carbocycles. The molecule has 4 heteroatoms. The quantitative estimate of drug-likeness (QED) is 0.720. The van der Waals surface area contributed by atoms with Gasteiger partial charge in [0, 0.05) is 12.6 Å². The Morgan fingerprint density at radius 3 is 2.75 bits per heavy atom. The first kappa shape index (κ1) is 11.9. The summed E-state index contributed by atoms with van der Waals surface area (Å²) in [7, 11) is 0. The third-order valence-electron chi connectivity index (χ3n) is 4.04. The van der Waals surface area contributed by atoms with Crippen LogP contribution in [0.3, 0.4) is 0 Å². The molecule has 3 atom stereocenters. The summed E-state index contributed by atoms with van der Waals surface area (Å²) < 4.78 is 0. The van der Waals surface area contributed by atoms with Gasteiger partial charge >= 0.3 is 0 Å². The fraction of sp³-hybridized carbons (Fsp3) is 0.917. The van der Waals surface area contributed by atoms with Crippen molar-refractivity contribution < 1.29 is 9.90 Å². The number of hydrogen-bond acceptors (Lipinski definition) is 3. The van der Waals surface area contributed by atoms with Crippen molar-refractivity contribution in [3.8, 4) is 0 Å². The number of aliphatic hydroxyl groups is 1. The molecule has 0 unspecified atom stereocenters. The molecule has 1 amide bonds. The fourth-order valence-electron chi connectivity index (χ4n) is 3.19. The molecule has 0 aromatic heterocycles. The Balaban J connectivity index is 2.04. The second-order valence-corrected chi connectivity index (χ2v) is 5.07. The average Bonchev–Trinajstić information content (AvgIpc) is 2.36. The van der Waals surface area contributed by atoms with Gasteiger partial charge < -0.3 is 15.7 Å². The molecule has 1 saturated heterocycles. The zero-order valence-electron chi connectivity index (χ0n) is 9.77. The molecule has 0 radical (unpaired) electrons. The topological polar surface area (TPSA) is 66.6 Å². The molecule has 2 rings (SSSR count). The molecule has 1 saturated carbocycles. The third-order valence-corrected chi connectivity index (χ3v) is 4.04. The van der Waals surface area contributed by atoms with Crippen molar-refractivity contribution in [1.29, 1.82) is 0 Å². The zero-order valence-corrected chi connectivity index (χ0v) is 9.77. The van der Waals surface area contributed by atoms with E-state index in [1.165, 1.54) is 25.7 Å². The second-order valence-electron chi connectivity index (χ2n) is 5.07. The summed E-state index contributed by atoms with van der Waals surface area (Å²) >= 11 is 0. The van der Waals surface area contributed by atoms with Gasteiger partial charge in [0.25, 0.3) is 0 Å². The van der Waals surface area contributed by atoms with Crippen molar-refractivity contribution in [2.24, 2.45) is 11.7 Å². The fourth-order valence-corrected chi connectivity index (χ4v) is 3.19. The first-order chi connectivity index (χ1) is 7.74. The molecule has 92 valence electrons. The lowest BCUT2D eigenvalue weighted by Gasteiger charge is -2.44. The predicted molar refractivity (Wildman–Crippen MR) is 61.8 cm³/mol. The Kier molecular flexibility index (Phi) is 3.82. The smallest absolute Gasteiger partial charge is 0.242 e. The molecule has 1 aliphatic heterocycles. The van der Waals surface area contributed by atoms with Gasteiger partial charge in [0.1, 0.15) is 6.04 Å². The van der Waals surface area contributed by atoms with Crippen LogP contribution in [0.4, 0.5) is 0 Å². The van der Waals surface area contributed by atoms with E-state index in [9.17, 15) is 4.79 Å². The highest BCUT2D eigenvalue weighted by molar-refractivity contribution is 5.82. The van der Waals surface area contributed by atoms with E-state index >= 15 is 0 Å². The number of amides is 1. The maximum absolute atomic E-state index is 12.0. The maximum Gasteiger partial charge on any atom is 0.242 e. The number of nitrogens with two attached hydrogens (primary N) is 1. The van der Waals surface area contributed by atoms with Crippen molar-refractivity contribution >= 4 is 5.91 Å². The molecular weight excluding hydrogens is 204 g/mol. The van der Waals surface area contributed by atoms with Gasteiger partial charge in [-0.15, -0.1) is 0 Å². The van der Waals surface area contributed by atoms with Gasteiger partial charge in [-0.3, -0.25) is 4.79 Å². The first-order valence-electron chi connectivity index (χ1n) is 6.41. The number of carbonyl (C=O) groups is 1. The van der Waals surface area contributed by atoms with E-state index in [1.807, 2.05) is 4.90 Å². The van der Waals surface area contributed by atoms with Gasteiger partial charge in [0.2, 0.25) is 5.91 Å². The Morgan fingerprint density at radius 2 is 2.00 bits per heavy atom. The van der Waals surface area contributed by atoms with Crippen molar-refractivity contribution in [2.75, 3.05) is 13.2 Å². The molecule has 2 aliphatic rings. The van der Waals surface area contributed by atoms with Gasteiger partial charge in [-0.2, -0.15) is 0 Å². The van der Waals surface area contributed by atoms with Crippen LogP contribution >= 0.6 is 0 Å². The van der Waals surface area contributed by atoms with Gasteiger partial charge in [-0.25, -0.2) is 0 Å². The van der Waals surface area contributed by atoms with Gasteiger partial charge in [-0.1, -0.05) is 12.8 Å². The number of carbonyl (C=O) groups excluding carboxylic acids is 1. The van der Waals surface area contributed by atoms with Gasteiger partial charge in [0.05, 0.1) is 6.61 Å². The number of fused-ring (bicyclic) bond motifs is 1. The van der Waals surface area contributed by atoms with E-state index in [4.69, 9.17) is 10.8 Å². The summed E-state index contributed by atoms with van der Waals surface area (Å²) in [6.07, 6.45) is 7.24. The summed E-state index contributed by atoms with van der Waals surface area (Å²) in [5.74, 6) is 0.622. The van der Waals surface area contributed by atoms with Crippen LogP contribution in [0.25, 0.3) is 0 Å². The Morgan fingerprint density at radius 1 is 1.31 bits per heavy atom. The highest BCUT2D eigenvalue weighted by atomic mass is 16.3. The number of likely N-dealkylation sites (tertiary alicyclic amines) is 1. The SMILES string of the molecule is N[C@H](CO)C(=O)N1CCC[C@H]2CCCC[C@@H]21. The summed E-state index contributed by atoms with van der Waals surface area (Å²) in [5, 5.41) is 8.96. The lowest BCUT2D eigenvalue weighted by Crippen LogP contribution is -2.55. The zero-order chi connectivity index (χ0) is 11.5. The van der Waals surface area contributed by atoms with Crippen molar-refractivity contribution in [2.45, 2.75) is 50.6 Å². The molecule has 3 N–H and O–H groups in total. The van der Waals surface area contributed by atoms with E-state index in [2.05, 4.69) is 0 Å². The molecule has 2 fully saturated rings. The van der Waals surface area contributed by atoms with Crippen LogP contribution in [0.2, 0.25) is 0 Å². The molecule has 0 bridgehead atoms. The molecule has 0 aromatic carbocycles. The molecular formula is C12H22N2O2. The van der Waals surface area contributed by atoms with E-state index in [0.717, 1.165) is 19.4 Å². The van der Waals surface area contributed by atoms with Crippen LogP contribution in [0.1, 0.15) is 38.5 Å². The van der Waals surface area contributed by atoms with Gasteiger partial charge in [-0.05, 0) is 31.6 Å². The summed E-state index contributed by atoms with van der Waals surface area (Å²) in [4.78, 5) is 14.0. The minimum absolute atomic E-state index is 0.0564. The monoisotopic (exact) mass is 226 g/mol. The number of rotatable bonds is 2. The van der Waals surface area contributed by atoms with Gasteiger partial charge in [0.15, 0.2) is 0 Å². The van der Waals surface area contributed by atoms with Crippen LogP contribution in [-0.2, 0) is 4.79 Å². The lowest BCUT2D eigenvalue weighted by atomic mass is 9.78. The Labute approximate surface area is 96.8 Å². The summed E-state index contributed by atoms with van der Waals surface area (Å²) in [6.45, 7) is 0.584. The maximum atomic E-state index is 12.0. The molecule has 4 nitrogen and oxygen atoms in total. The van der Waals surface area contributed by atoms with Crippen molar-refractivity contribution in [3.05, 3.63) is 0 Å². The normalized spacial score (nSPS) is 32.0. The van der Waals surface area contributed by atoms with Crippen molar-refractivity contribution in [3.63, 3.8) is 0 Å². The van der Waals surface area contributed by atoms with Crippen molar-refractivity contribution in [1.82, 2.24) is 4.90 Å². The largest absolute Gasteiger partial charge is 0.394 e. The van der Waals surface area contributed by atoms with Crippen LogP contribution in [0.15, 0.2) is 0 Å². The highest BCUT2D eigenvalue weighted by Gasteiger charge is 2.36. The standard InChI is InChI=1S/C12H22N2O2/c13-10(8-15)12(16)14-7-3-5-9-4-1-2-6-11(9)14/h9-11,15H,1-8,13H2/t9-,10-,11+/m1/s1. The second kappa shape index (κ2) is 5.15. The highest BCUT2D eigenvalue weighted by Crippen LogP contribution is 2.35. The Bertz CT molecular complexity index is 255. The summed E-state index contributed by atoms with van der Waals surface area (Å²) in [6, 6.07) is -0.326. The molecule has 0 aromatic rings. The predicted octanol–water partition coefficient (Wildman–Crippen LogP) is 0.487. The minimum Gasteiger partial charge on any atom is -0.394 e. The lowest BCUT2D eigenvalue weighted by molar-refractivity contribution is -0.139. The Hall–Kier alpha value is -0.610. The minimum atomic E-state index is -0.722. The number of piperidine rings is 1. The number of nitrogens with zero attached hydrogens (tertiary/aromatic N) is 1.